The SMILES string of the molecule is CNC(c1ccc(Cl)c(Cl)c1)c1coc2ccccc12. The average Bonchev–Trinajstić information content (AvgIpc) is 2.88. The first kappa shape index (κ1) is 13.5. The first-order valence-electron chi connectivity index (χ1n) is 6.29. The molecular weight excluding hydrogens is 293 g/mol. The van der Waals surface area contributed by atoms with Crippen LogP contribution in [0.3, 0.4) is 0 Å². The van der Waals surface area contributed by atoms with Crippen molar-refractivity contribution < 1.29 is 4.42 Å². The van der Waals surface area contributed by atoms with Crippen molar-refractivity contribution in [1.82, 2.24) is 5.32 Å². The Morgan fingerprint density at radius 2 is 1.85 bits per heavy atom. The molecule has 102 valence electrons. The van der Waals surface area contributed by atoms with Crippen molar-refractivity contribution in [2.45, 2.75) is 6.04 Å². The van der Waals surface area contributed by atoms with Crippen LogP contribution in [0, 0.1) is 0 Å². The Kier molecular flexibility index (Phi) is 3.70. The highest BCUT2D eigenvalue weighted by atomic mass is 35.5. The van der Waals surface area contributed by atoms with Gasteiger partial charge in [-0.05, 0) is 30.8 Å². The lowest BCUT2D eigenvalue weighted by Gasteiger charge is -2.16. The van der Waals surface area contributed by atoms with Crippen molar-refractivity contribution in [1.29, 1.82) is 0 Å². The van der Waals surface area contributed by atoms with Crippen molar-refractivity contribution in [2.24, 2.45) is 0 Å². The highest BCUT2D eigenvalue weighted by molar-refractivity contribution is 6.42. The van der Waals surface area contributed by atoms with Gasteiger partial charge in [-0.3, -0.25) is 0 Å². The van der Waals surface area contributed by atoms with E-state index >= 15 is 0 Å². The van der Waals surface area contributed by atoms with Gasteiger partial charge in [0.1, 0.15) is 5.58 Å². The molecular formula is C16H13Cl2NO. The Labute approximate surface area is 127 Å². The van der Waals surface area contributed by atoms with Crippen LogP contribution >= 0.6 is 23.2 Å². The maximum atomic E-state index is 6.11. The Bertz CT molecular complexity index is 751. The number of halogens is 2. The molecule has 0 aliphatic heterocycles. The topological polar surface area (TPSA) is 25.2 Å². The summed E-state index contributed by atoms with van der Waals surface area (Å²) < 4.78 is 5.61. The summed E-state index contributed by atoms with van der Waals surface area (Å²) in [4.78, 5) is 0. The average molecular weight is 306 g/mol. The summed E-state index contributed by atoms with van der Waals surface area (Å²) in [5.41, 5.74) is 3.01. The van der Waals surface area contributed by atoms with E-state index in [0.717, 1.165) is 22.1 Å². The lowest BCUT2D eigenvalue weighted by atomic mass is 9.98. The zero-order valence-electron chi connectivity index (χ0n) is 10.9. The normalized spacial score (nSPS) is 12.8. The van der Waals surface area contributed by atoms with E-state index in [2.05, 4.69) is 11.4 Å². The molecule has 4 heteroatoms. The maximum Gasteiger partial charge on any atom is 0.134 e. The van der Waals surface area contributed by atoms with Crippen molar-refractivity contribution in [3.05, 3.63) is 69.9 Å². The number of para-hydroxylation sites is 1. The molecule has 0 saturated carbocycles. The molecule has 0 bridgehead atoms. The number of hydrogen-bond donors (Lipinski definition) is 1. The molecule has 0 radical (unpaired) electrons. The second-order valence-corrected chi connectivity index (χ2v) is 5.40. The highest BCUT2D eigenvalue weighted by Crippen LogP contribution is 2.33. The smallest absolute Gasteiger partial charge is 0.134 e. The van der Waals surface area contributed by atoms with E-state index in [1.807, 2.05) is 43.4 Å². The van der Waals surface area contributed by atoms with Gasteiger partial charge in [0.15, 0.2) is 0 Å². The fourth-order valence-corrected chi connectivity index (χ4v) is 2.72. The molecule has 0 aliphatic rings. The van der Waals surface area contributed by atoms with E-state index in [1.54, 1.807) is 6.26 Å². The molecule has 3 rings (SSSR count). The fraction of sp³-hybridized carbons (Fsp3) is 0.125. The van der Waals surface area contributed by atoms with Crippen LogP contribution in [0.15, 0.2) is 53.1 Å². The van der Waals surface area contributed by atoms with Gasteiger partial charge < -0.3 is 9.73 Å². The quantitative estimate of drug-likeness (QED) is 0.732. The van der Waals surface area contributed by atoms with Gasteiger partial charge >= 0.3 is 0 Å². The van der Waals surface area contributed by atoms with Crippen molar-refractivity contribution in [2.75, 3.05) is 7.05 Å². The Morgan fingerprint density at radius 3 is 2.60 bits per heavy atom. The van der Waals surface area contributed by atoms with Crippen LogP contribution in [0.25, 0.3) is 11.0 Å². The molecule has 20 heavy (non-hydrogen) atoms. The molecule has 0 amide bonds. The summed E-state index contributed by atoms with van der Waals surface area (Å²) in [7, 11) is 1.91. The van der Waals surface area contributed by atoms with E-state index in [9.17, 15) is 0 Å². The van der Waals surface area contributed by atoms with Gasteiger partial charge in [0, 0.05) is 10.9 Å². The van der Waals surface area contributed by atoms with Gasteiger partial charge in [-0.2, -0.15) is 0 Å². The predicted octanol–water partition coefficient (Wildman–Crippen LogP) is 5.05. The summed E-state index contributed by atoms with van der Waals surface area (Å²) in [5, 5.41) is 5.50. The molecule has 2 aromatic carbocycles. The lowest BCUT2D eigenvalue weighted by molar-refractivity contribution is 0.597. The molecule has 3 aromatic rings. The van der Waals surface area contributed by atoms with Crippen molar-refractivity contribution in [3.8, 4) is 0 Å². The molecule has 1 N–H and O–H groups in total. The van der Waals surface area contributed by atoms with Crippen LogP contribution in [0.1, 0.15) is 17.2 Å². The zero-order valence-corrected chi connectivity index (χ0v) is 12.4. The number of furan rings is 1. The minimum Gasteiger partial charge on any atom is -0.464 e. The molecule has 0 spiro atoms. The van der Waals surface area contributed by atoms with Gasteiger partial charge in [0.05, 0.1) is 22.4 Å². The van der Waals surface area contributed by atoms with Crippen LogP contribution in [0.4, 0.5) is 0 Å². The number of fused-ring (bicyclic) bond motifs is 1. The third-order valence-electron chi connectivity index (χ3n) is 3.39. The molecule has 1 atom stereocenters. The highest BCUT2D eigenvalue weighted by Gasteiger charge is 2.18. The molecule has 1 aromatic heterocycles. The largest absolute Gasteiger partial charge is 0.464 e. The summed E-state index contributed by atoms with van der Waals surface area (Å²) >= 11 is 12.1. The van der Waals surface area contributed by atoms with Gasteiger partial charge in [-0.25, -0.2) is 0 Å². The van der Waals surface area contributed by atoms with Crippen molar-refractivity contribution in [3.63, 3.8) is 0 Å². The molecule has 2 nitrogen and oxygen atoms in total. The monoisotopic (exact) mass is 305 g/mol. The molecule has 0 saturated heterocycles. The standard InChI is InChI=1S/C16H13Cl2NO/c1-19-16(10-6-7-13(17)14(18)8-10)12-9-20-15-5-3-2-4-11(12)15/h2-9,16,19H,1H3. The van der Waals surface area contributed by atoms with Gasteiger partial charge in [0.2, 0.25) is 0 Å². The number of rotatable bonds is 3. The number of benzene rings is 2. The Morgan fingerprint density at radius 1 is 1.05 bits per heavy atom. The third kappa shape index (κ3) is 2.31. The number of nitrogens with one attached hydrogen (secondary N) is 1. The minimum absolute atomic E-state index is 0.00779. The lowest BCUT2D eigenvalue weighted by Crippen LogP contribution is -2.17. The summed E-state index contributed by atoms with van der Waals surface area (Å²) in [6.07, 6.45) is 1.79. The first-order valence-corrected chi connectivity index (χ1v) is 7.04. The van der Waals surface area contributed by atoms with E-state index < -0.39 is 0 Å². The first-order chi connectivity index (χ1) is 9.70. The summed E-state index contributed by atoms with van der Waals surface area (Å²) in [6, 6.07) is 13.6. The van der Waals surface area contributed by atoms with E-state index in [4.69, 9.17) is 27.6 Å². The molecule has 1 unspecified atom stereocenters. The second kappa shape index (κ2) is 5.49. The number of hydrogen-bond acceptors (Lipinski definition) is 2. The van der Waals surface area contributed by atoms with Gasteiger partial charge in [-0.15, -0.1) is 0 Å². The third-order valence-corrected chi connectivity index (χ3v) is 4.13. The second-order valence-electron chi connectivity index (χ2n) is 4.58. The zero-order chi connectivity index (χ0) is 14.1. The van der Waals surface area contributed by atoms with E-state index in [0.29, 0.717) is 10.0 Å². The van der Waals surface area contributed by atoms with Crippen molar-refractivity contribution >= 4 is 34.2 Å². The van der Waals surface area contributed by atoms with E-state index in [1.165, 1.54) is 0 Å². The van der Waals surface area contributed by atoms with Gasteiger partial charge in [0.25, 0.3) is 0 Å². The predicted molar refractivity (Wildman–Crippen MR) is 83.6 cm³/mol. The van der Waals surface area contributed by atoms with Crippen LogP contribution in [0.5, 0.6) is 0 Å². The van der Waals surface area contributed by atoms with Gasteiger partial charge in [-0.1, -0.05) is 47.5 Å². The Balaban J connectivity index is 2.11. The minimum atomic E-state index is 0.00779. The molecule has 0 aliphatic carbocycles. The Hall–Kier alpha value is -1.48. The van der Waals surface area contributed by atoms with Crippen LogP contribution < -0.4 is 5.32 Å². The van der Waals surface area contributed by atoms with Crippen LogP contribution in [0.2, 0.25) is 10.0 Å². The fourth-order valence-electron chi connectivity index (χ4n) is 2.42. The van der Waals surface area contributed by atoms with Crippen LogP contribution in [-0.4, -0.2) is 7.05 Å². The van der Waals surface area contributed by atoms with Crippen LogP contribution in [-0.2, 0) is 0 Å². The molecule has 0 fully saturated rings. The molecule has 1 heterocycles. The summed E-state index contributed by atoms with van der Waals surface area (Å²) in [6.45, 7) is 0. The summed E-state index contributed by atoms with van der Waals surface area (Å²) in [5.74, 6) is 0. The maximum absolute atomic E-state index is 6.11. The van der Waals surface area contributed by atoms with E-state index in [-0.39, 0.29) is 6.04 Å².